The van der Waals surface area contributed by atoms with Crippen molar-refractivity contribution in [3.8, 4) is 0 Å². The van der Waals surface area contributed by atoms with E-state index in [2.05, 4.69) is 52.8 Å². The zero-order chi connectivity index (χ0) is 32.2. The summed E-state index contributed by atoms with van der Waals surface area (Å²) in [6.45, 7) is 11.0. The maximum Gasteiger partial charge on any atom is 0.186 e. The molecule has 5 aliphatic rings. The molecule has 4 unspecified atom stereocenters. The fourth-order valence-electron chi connectivity index (χ4n) is 10.1. The lowest BCUT2D eigenvalue weighted by atomic mass is 9.43. The van der Waals surface area contributed by atoms with E-state index in [-0.39, 0.29) is 46.5 Å². The van der Waals surface area contributed by atoms with Crippen molar-refractivity contribution < 1.29 is 44.8 Å². The van der Waals surface area contributed by atoms with Gasteiger partial charge in [0, 0.05) is 13.5 Å². The molecule has 1 aliphatic heterocycles. The zero-order valence-electron chi connectivity index (χ0n) is 27.5. The molecule has 6 N–H and O–H groups in total. The molecule has 9 nitrogen and oxygen atoms in total. The van der Waals surface area contributed by atoms with E-state index in [4.69, 9.17) is 14.2 Å². The van der Waals surface area contributed by atoms with E-state index in [1.807, 2.05) is 0 Å². The summed E-state index contributed by atoms with van der Waals surface area (Å²) in [5.41, 5.74) is -0.175. The topological polar surface area (TPSA) is 149 Å². The summed E-state index contributed by atoms with van der Waals surface area (Å²) in [4.78, 5) is 0. The number of fused-ring (bicyclic) bond motifs is 5. The highest BCUT2D eigenvalue weighted by Gasteiger charge is 2.66. The normalized spacial score (nSPS) is 49.5. The molecule has 1 heterocycles. The molecule has 0 amide bonds. The summed E-state index contributed by atoms with van der Waals surface area (Å²) in [6, 6.07) is 0. The summed E-state index contributed by atoms with van der Waals surface area (Å²) >= 11 is 0. The van der Waals surface area contributed by atoms with Crippen LogP contribution in [-0.2, 0) is 14.2 Å². The van der Waals surface area contributed by atoms with Crippen LogP contribution in [-0.4, -0.2) is 99.5 Å². The average molecular weight is 623 g/mol. The number of methoxy groups -OCH3 is 1. The predicted octanol–water partition coefficient (Wildman–Crippen LogP) is 2.95. The third-order valence-electron chi connectivity index (χ3n) is 13.0. The first kappa shape index (κ1) is 34.5. The van der Waals surface area contributed by atoms with Crippen LogP contribution < -0.4 is 0 Å². The van der Waals surface area contributed by atoms with Gasteiger partial charge in [-0.15, -0.1) is 0 Å². The van der Waals surface area contributed by atoms with Gasteiger partial charge in [-0.25, -0.2) is 0 Å². The molecular formula is C35H58O9. The van der Waals surface area contributed by atoms with Gasteiger partial charge in [-0.1, -0.05) is 52.8 Å². The smallest absolute Gasteiger partial charge is 0.186 e. The Labute approximate surface area is 263 Å². The zero-order valence-corrected chi connectivity index (χ0v) is 27.5. The van der Waals surface area contributed by atoms with Gasteiger partial charge in [0.05, 0.1) is 31.0 Å². The molecule has 0 spiro atoms. The second kappa shape index (κ2) is 13.0. The standard InChI is InChI=1S/C35H58O9/c1-19(21(3)18-43-32-30(40)31(42-6)29(39)26(17-36)44-32)7-8-20(2)23-9-10-27-33(23,4)14-12-28-34(5)13-11-22(37)15-24(34)25(38)16-35(27,28)41/h7-8,10,19-26,28-32,36-41H,9,11-18H2,1-6H3/b8-7+/t19?,20-,21?,22+,23-,24?,25+,26+,28?,29+,30+,31-,32+,33-,34+,35-/m1/s1. The molecule has 0 radical (unpaired) electrons. The number of aliphatic hydroxyl groups is 6. The van der Waals surface area contributed by atoms with Crippen LogP contribution in [0.3, 0.4) is 0 Å². The number of rotatable bonds is 9. The molecule has 9 heteroatoms. The minimum absolute atomic E-state index is 0.0324. The van der Waals surface area contributed by atoms with Crippen molar-refractivity contribution in [2.45, 2.75) is 128 Å². The van der Waals surface area contributed by atoms with Crippen LogP contribution in [0, 0.1) is 46.3 Å². The van der Waals surface area contributed by atoms with Crippen molar-refractivity contribution in [3.05, 3.63) is 23.8 Å². The monoisotopic (exact) mass is 622 g/mol. The summed E-state index contributed by atoms with van der Waals surface area (Å²) in [6.07, 6.45) is 6.17. The summed E-state index contributed by atoms with van der Waals surface area (Å²) in [5, 5.41) is 64.5. The van der Waals surface area contributed by atoms with E-state index in [1.54, 1.807) is 0 Å². The van der Waals surface area contributed by atoms with Gasteiger partial charge in [0.15, 0.2) is 6.29 Å². The SMILES string of the molecule is CO[C@H]1[C@H](O)[C@@H](OCC(C)C(C)/C=C/[C@@H](C)[C@H]2CC=C3[C@]4(O)C[C@H](O)C5C[C@@H](O)CC[C@]5(C)C4CC[C@@]32C)O[C@@H](CO)[C@@H]1O. The molecule has 0 bridgehead atoms. The Morgan fingerprint density at radius 2 is 1.77 bits per heavy atom. The Morgan fingerprint density at radius 3 is 2.45 bits per heavy atom. The fraction of sp³-hybridized carbons (Fsp3) is 0.886. The molecule has 0 aromatic heterocycles. The van der Waals surface area contributed by atoms with Crippen molar-refractivity contribution in [1.82, 2.24) is 0 Å². The average Bonchev–Trinajstić information content (AvgIpc) is 3.34. The lowest BCUT2D eigenvalue weighted by Crippen LogP contribution is -2.65. The molecule has 0 aromatic carbocycles. The third kappa shape index (κ3) is 5.77. The lowest BCUT2D eigenvalue weighted by Gasteiger charge is -2.64. The van der Waals surface area contributed by atoms with Crippen molar-refractivity contribution in [1.29, 1.82) is 0 Å². The fourth-order valence-corrected chi connectivity index (χ4v) is 10.1. The molecule has 4 fully saturated rings. The highest BCUT2D eigenvalue weighted by Crippen LogP contribution is 2.68. The first-order chi connectivity index (χ1) is 20.7. The molecule has 4 aliphatic carbocycles. The van der Waals surface area contributed by atoms with Crippen LogP contribution in [0.5, 0.6) is 0 Å². The van der Waals surface area contributed by atoms with Crippen LogP contribution in [0.4, 0.5) is 0 Å². The minimum Gasteiger partial charge on any atom is -0.394 e. The van der Waals surface area contributed by atoms with Crippen molar-refractivity contribution in [2.75, 3.05) is 20.3 Å². The van der Waals surface area contributed by atoms with Crippen molar-refractivity contribution in [2.24, 2.45) is 46.3 Å². The number of aliphatic hydroxyl groups excluding tert-OH is 5. The number of hydrogen-bond acceptors (Lipinski definition) is 9. The van der Waals surface area contributed by atoms with Gasteiger partial charge in [-0.3, -0.25) is 0 Å². The van der Waals surface area contributed by atoms with Gasteiger partial charge in [0.1, 0.15) is 24.4 Å². The minimum atomic E-state index is -1.17. The third-order valence-corrected chi connectivity index (χ3v) is 13.0. The Kier molecular flexibility index (Phi) is 10.2. The molecule has 252 valence electrons. The molecule has 0 aromatic rings. The lowest BCUT2D eigenvalue weighted by molar-refractivity contribution is -0.306. The van der Waals surface area contributed by atoms with E-state index in [9.17, 15) is 30.6 Å². The maximum absolute atomic E-state index is 12.4. The summed E-state index contributed by atoms with van der Waals surface area (Å²) < 4.78 is 16.8. The number of allylic oxidation sites excluding steroid dienone is 3. The van der Waals surface area contributed by atoms with Gasteiger partial charge < -0.3 is 44.8 Å². The second-order valence-corrected chi connectivity index (χ2v) is 15.5. The predicted molar refractivity (Wildman–Crippen MR) is 165 cm³/mol. The van der Waals surface area contributed by atoms with Crippen LogP contribution in [0.1, 0.15) is 79.6 Å². The number of hydrogen-bond donors (Lipinski definition) is 6. The van der Waals surface area contributed by atoms with Gasteiger partial charge in [-0.2, -0.15) is 0 Å². The highest BCUT2D eigenvalue weighted by molar-refractivity contribution is 5.37. The molecule has 3 saturated carbocycles. The van der Waals surface area contributed by atoms with Gasteiger partial charge in [0.25, 0.3) is 0 Å². The maximum atomic E-state index is 12.4. The summed E-state index contributed by atoms with van der Waals surface area (Å²) in [7, 11) is 1.40. The van der Waals surface area contributed by atoms with Gasteiger partial charge in [0.2, 0.25) is 0 Å². The molecule has 16 atom stereocenters. The molecule has 5 rings (SSSR count). The Morgan fingerprint density at radius 1 is 1.05 bits per heavy atom. The highest BCUT2D eigenvalue weighted by atomic mass is 16.7. The van der Waals surface area contributed by atoms with Gasteiger partial charge >= 0.3 is 0 Å². The van der Waals surface area contributed by atoms with E-state index < -0.39 is 49.0 Å². The number of ether oxygens (including phenoxy) is 3. The van der Waals surface area contributed by atoms with Crippen LogP contribution in [0.2, 0.25) is 0 Å². The van der Waals surface area contributed by atoms with E-state index >= 15 is 0 Å². The van der Waals surface area contributed by atoms with Crippen LogP contribution >= 0.6 is 0 Å². The van der Waals surface area contributed by atoms with Crippen LogP contribution in [0.15, 0.2) is 23.8 Å². The van der Waals surface area contributed by atoms with Crippen molar-refractivity contribution in [3.63, 3.8) is 0 Å². The van der Waals surface area contributed by atoms with Crippen molar-refractivity contribution >= 4 is 0 Å². The molecule has 44 heavy (non-hydrogen) atoms. The Hall–Kier alpha value is -0.880. The Balaban J connectivity index is 1.21. The molecule has 1 saturated heterocycles. The van der Waals surface area contributed by atoms with E-state index in [0.29, 0.717) is 25.4 Å². The first-order valence-electron chi connectivity index (χ1n) is 17.0. The quantitative estimate of drug-likeness (QED) is 0.214. The Bertz CT molecular complexity index is 1060. The van der Waals surface area contributed by atoms with E-state index in [1.165, 1.54) is 7.11 Å². The molecular weight excluding hydrogens is 564 g/mol. The van der Waals surface area contributed by atoms with E-state index in [0.717, 1.165) is 37.7 Å². The second-order valence-electron chi connectivity index (χ2n) is 15.5. The van der Waals surface area contributed by atoms with Gasteiger partial charge in [-0.05, 0) is 90.4 Å². The van der Waals surface area contributed by atoms with Crippen LogP contribution in [0.25, 0.3) is 0 Å². The first-order valence-corrected chi connectivity index (χ1v) is 17.0. The largest absolute Gasteiger partial charge is 0.394 e. The summed E-state index contributed by atoms with van der Waals surface area (Å²) in [5.74, 6) is 1.07.